The molecule has 0 aliphatic carbocycles. The molecule has 0 radical (unpaired) electrons. The first-order valence-corrected chi connectivity index (χ1v) is 7.71. The van der Waals surface area contributed by atoms with E-state index in [0.29, 0.717) is 5.75 Å². The number of aromatic amines is 1. The van der Waals surface area contributed by atoms with Crippen LogP contribution in [0.2, 0.25) is 0 Å². The molecule has 0 spiro atoms. The summed E-state index contributed by atoms with van der Waals surface area (Å²) < 4.78 is 7.14. The largest absolute Gasteiger partial charge is 0.495 e. The second-order valence-corrected chi connectivity index (χ2v) is 5.54. The Kier molecular flexibility index (Phi) is 3.43. The van der Waals surface area contributed by atoms with Crippen LogP contribution in [-0.4, -0.2) is 16.7 Å². The van der Waals surface area contributed by atoms with Gasteiger partial charge in [-0.1, -0.05) is 48.5 Å². The van der Waals surface area contributed by atoms with Gasteiger partial charge >= 0.3 is 5.69 Å². The fraction of sp³-hybridized carbons (Fsp3) is 0.0500. The van der Waals surface area contributed by atoms with E-state index in [0.717, 1.165) is 27.8 Å². The predicted octanol–water partition coefficient (Wildman–Crippen LogP) is 3.99. The van der Waals surface area contributed by atoms with Crippen molar-refractivity contribution in [1.82, 2.24) is 9.55 Å². The Morgan fingerprint density at radius 1 is 0.875 bits per heavy atom. The number of rotatable bonds is 3. The summed E-state index contributed by atoms with van der Waals surface area (Å²) in [5.74, 6) is 0.654. The standard InChI is InChI=1S/C20H16N2O2/c1-24-19-12-11-15(14-7-3-2-4-8-14)13-18(19)22-17-10-6-5-9-16(17)21-20(22)23/h2-13H,1H3,(H,21,23). The number of hydrogen-bond acceptors (Lipinski definition) is 2. The number of hydrogen-bond donors (Lipinski definition) is 1. The highest BCUT2D eigenvalue weighted by Crippen LogP contribution is 2.30. The Bertz CT molecular complexity index is 1060. The smallest absolute Gasteiger partial charge is 0.331 e. The summed E-state index contributed by atoms with van der Waals surface area (Å²) in [6.07, 6.45) is 0. The van der Waals surface area contributed by atoms with Gasteiger partial charge in [-0.15, -0.1) is 0 Å². The van der Waals surface area contributed by atoms with Crippen molar-refractivity contribution in [1.29, 1.82) is 0 Å². The summed E-state index contributed by atoms with van der Waals surface area (Å²) in [6, 6.07) is 23.6. The summed E-state index contributed by atoms with van der Waals surface area (Å²) in [4.78, 5) is 15.4. The van der Waals surface area contributed by atoms with E-state index in [1.165, 1.54) is 0 Å². The van der Waals surface area contributed by atoms with Gasteiger partial charge < -0.3 is 9.72 Å². The summed E-state index contributed by atoms with van der Waals surface area (Å²) in [6.45, 7) is 0. The molecule has 118 valence electrons. The molecule has 0 saturated heterocycles. The minimum Gasteiger partial charge on any atom is -0.495 e. The van der Waals surface area contributed by atoms with Crippen LogP contribution < -0.4 is 10.4 Å². The van der Waals surface area contributed by atoms with Gasteiger partial charge in [0.1, 0.15) is 5.75 Å². The van der Waals surface area contributed by atoms with Crippen molar-refractivity contribution in [3.63, 3.8) is 0 Å². The number of ether oxygens (including phenoxy) is 1. The summed E-state index contributed by atoms with van der Waals surface area (Å²) in [7, 11) is 1.61. The number of fused-ring (bicyclic) bond motifs is 1. The van der Waals surface area contributed by atoms with Crippen LogP contribution in [0.1, 0.15) is 0 Å². The molecule has 0 saturated carbocycles. The summed E-state index contributed by atoms with van der Waals surface area (Å²) in [5, 5.41) is 0. The molecule has 1 N–H and O–H groups in total. The maximum atomic E-state index is 12.5. The Morgan fingerprint density at radius 2 is 1.62 bits per heavy atom. The molecule has 1 aromatic heterocycles. The SMILES string of the molecule is COc1ccc(-c2ccccc2)cc1-n1c(=O)[nH]c2ccccc21. The number of aromatic nitrogens is 2. The second-order valence-electron chi connectivity index (χ2n) is 5.54. The number of nitrogens with one attached hydrogen (secondary N) is 1. The first-order chi connectivity index (χ1) is 11.8. The molecule has 0 atom stereocenters. The molecular weight excluding hydrogens is 300 g/mol. The lowest BCUT2D eigenvalue weighted by atomic mass is 10.0. The molecule has 4 nitrogen and oxygen atoms in total. The molecule has 0 fully saturated rings. The van der Waals surface area contributed by atoms with Gasteiger partial charge in [-0.3, -0.25) is 4.57 Å². The molecule has 4 aromatic rings. The Labute approximate surface area is 139 Å². The lowest BCUT2D eigenvalue weighted by Crippen LogP contribution is -2.15. The number of methoxy groups -OCH3 is 1. The molecule has 4 heteroatoms. The third kappa shape index (κ3) is 2.29. The van der Waals surface area contributed by atoms with Crippen LogP contribution in [0, 0.1) is 0 Å². The Hall–Kier alpha value is -3.27. The van der Waals surface area contributed by atoms with Crippen molar-refractivity contribution >= 4 is 11.0 Å². The first-order valence-electron chi connectivity index (χ1n) is 7.71. The van der Waals surface area contributed by atoms with Gasteiger partial charge in [0.25, 0.3) is 0 Å². The predicted molar refractivity (Wildman–Crippen MR) is 95.9 cm³/mol. The number of benzene rings is 3. The van der Waals surface area contributed by atoms with Crippen molar-refractivity contribution in [3.8, 4) is 22.6 Å². The van der Waals surface area contributed by atoms with Crippen LogP contribution in [0.5, 0.6) is 5.75 Å². The van der Waals surface area contributed by atoms with E-state index in [4.69, 9.17) is 4.74 Å². The maximum absolute atomic E-state index is 12.5. The van der Waals surface area contributed by atoms with E-state index < -0.39 is 0 Å². The Balaban J connectivity index is 1.99. The van der Waals surface area contributed by atoms with Crippen LogP contribution in [0.25, 0.3) is 27.8 Å². The Morgan fingerprint density at radius 3 is 2.42 bits per heavy atom. The van der Waals surface area contributed by atoms with E-state index in [2.05, 4.69) is 4.98 Å². The average molecular weight is 316 g/mol. The fourth-order valence-electron chi connectivity index (χ4n) is 2.97. The van der Waals surface area contributed by atoms with Gasteiger partial charge in [0.05, 0.1) is 23.8 Å². The second kappa shape index (κ2) is 5.74. The van der Waals surface area contributed by atoms with Gasteiger partial charge in [-0.05, 0) is 35.4 Å². The lowest BCUT2D eigenvalue weighted by Gasteiger charge is -2.12. The third-order valence-electron chi connectivity index (χ3n) is 4.12. The molecule has 24 heavy (non-hydrogen) atoms. The minimum atomic E-state index is -0.181. The van der Waals surface area contributed by atoms with E-state index in [9.17, 15) is 4.79 Å². The van der Waals surface area contributed by atoms with Crippen LogP contribution in [0.3, 0.4) is 0 Å². The molecule has 0 bridgehead atoms. The third-order valence-corrected chi connectivity index (χ3v) is 4.12. The van der Waals surface area contributed by atoms with Crippen LogP contribution in [0.15, 0.2) is 77.6 Å². The molecule has 1 heterocycles. The molecule has 0 aliphatic heterocycles. The molecule has 0 amide bonds. The highest BCUT2D eigenvalue weighted by Gasteiger charge is 2.14. The van der Waals surface area contributed by atoms with Gasteiger partial charge in [0.15, 0.2) is 0 Å². The fourth-order valence-corrected chi connectivity index (χ4v) is 2.97. The zero-order valence-corrected chi connectivity index (χ0v) is 13.2. The van der Waals surface area contributed by atoms with Gasteiger partial charge in [0, 0.05) is 0 Å². The normalized spacial score (nSPS) is 10.9. The zero-order valence-electron chi connectivity index (χ0n) is 13.2. The molecular formula is C20H16N2O2. The van der Waals surface area contributed by atoms with Crippen LogP contribution in [-0.2, 0) is 0 Å². The van der Waals surface area contributed by atoms with E-state index in [1.807, 2.05) is 72.8 Å². The van der Waals surface area contributed by atoms with Crippen LogP contribution in [0.4, 0.5) is 0 Å². The number of para-hydroxylation sites is 2. The topological polar surface area (TPSA) is 47.0 Å². The monoisotopic (exact) mass is 316 g/mol. The van der Waals surface area contributed by atoms with E-state index in [-0.39, 0.29) is 5.69 Å². The quantitative estimate of drug-likeness (QED) is 0.621. The molecule has 0 aliphatic rings. The highest BCUT2D eigenvalue weighted by molar-refractivity contribution is 5.79. The molecule has 4 rings (SSSR count). The lowest BCUT2D eigenvalue weighted by molar-refractivity contribution is 0.413. The number of H-pyrrole nitrogens is 1. The van der Waals surface area contributed by atoms with Crippen molar-refractivity contribution < 1.29 is 4.74 Å². The summed E-state index contributed by atoms with van der Waals surface area (Å²) in [5.41, 5.74) is 4.29. The van der Waals surface area contributed by atoms with Crippen molar-refractivity contribution in [2.45, 2.75) is 0 Å². The molecule has 0 unspecified atom stereocenters. The minimum absolute atomic E-state index is 0.181. The highest BCUT2D eigenvalue weighted by atomic mass is 16.5. The number of imidazole rings is 1. The molecule has 3 aromatic carbocycles. The maximum Gasteiger partial charge on any atom is 0.331 e. The van der Waals surface area contributed by atoms with Crippen molar-refractivity contribution in [2.24, 2.45) is 0 Å². The van der Waals surface area contributed by atoms with E-state index >= 15 is 0 Å². The number of nitrogens with zero attached hydrogens (tertiary/aromatic N) is 1. The first kappa shape index (κ1) is 14.3. The summed E-state index contributed by atoms with van der Waals surface area (Å²) >= 11 is 0. The zero-order chi connectivity index (χ0) is 16.5. The van der Waals surface area contributed by atoms with Gasteiger partial charge in [-0.25, -0.2) is 4.79 Å². The van der Waals surface area contributed by atoms with E-state index in [1.54, 1.807) is 11.7 Å². The van der Waals surface area contributed by atoms with Gasteiger partial charge in [-0.2, -0.15) is 0 Å². The average Bonchev–Trinajstić information content (AvgIpc) is 2.97. The van der Waals surface area contributed by atoms with Crippen molar-refractivity contribution in [2.75, 3.05) is 7.11 Å². The van der Waals surface area contributed by atoms with Gasteiger partial charge in [0.2, 0.25) is 0 Å². The van der Waals surface area contributed by atoms with Crippen molar-refractivity contribution in [3.05, 3.63) is 83.3 Å². The van der Waals surface area contributed by atoms with Crippen LogP contribution >= 0.6 is 0 Å².